The molecule has 0 aromatic heterocycles. The zero-order chi connectivity index (χ0) is 11.9. The van der Waals surface area contributed by atoms with Crippen molar-refractivity contribution >= 4 is 17.9 Å². The van der Waals surface area contributed by atoms with Crippen molar-refractivity contribution in [2.45, 2.75) is 25.6 Å². The summed E-state index contributed by atoms with van der Waals surface area (Å²) in [7, 11) is 0. The average Bonchev–Trinajstić information content (AvgIpc) is 2.13. The summed E-state index contributed by atoms with van der Waals surface area (Å²) in [5.41, 5.74) is 0. The summed E-state index contributed by atoms with van der Waals surface area (Å²) >= 11 is 1.51. The van der Waals surface area contributed by atoms with E-state index in [9.17, 15) is 18.0 Å². The van der Waals surface area contributed by atoms with Crippen LogP contribution in [0.15, 0.2) is 0 Å². The van der Waals surface area contributed by atoms with Crippen LogP contribution in [0.4, 0.5) is 18.0 Å². The topological polar surface area (TPSA) is 38.3 Å². The van der Waals surface area contributed by atoms with Crippen molar-refractivity contribution in [2.24, 2.45) is 0 Å². The number of hydrogen-bond donors (Lipinski definition) is 1. The Morgan fingerprint density at radius 3 is 2.53 bits per heavy atom. The number of amides is 1. The van der Waals surface area contributed by atoms with Crippen molar-refractivity contribution < 1.29 is 22.7 Å². The highest BCUT2D eigenvalue weighted by Crippen LogP contribution is 2.14. The van der Waals surface area contributed by atoms with Gasteiger partial charge >= 0.3 is 12.3 Å². The Morgan fingerprint density at radius 1 is 1.53 bits per heavy atom. The van der Waals surface area contributed by atoms with E-state index >= 15 is 0 Å². The van der Waals surface area contributed by atoms with Gasteiger partial charge in [-0.3, -0.25) is 0 Å². The SMILES string of the molecule is CCC(CSC)NC(=O)OCC(F)(F)F. The molecule has 0 aromatic rings. The minimum Gasteiger partial charge on any atom is -0.440 e. The maximum Gasteiger partial charge on any atom is 0.422 e. The highest BCUT2D eigenvalue weighted by atomic mass is 32.2. The number of ether oxygens (including phenoxy) is 1. The molecule has 0 aliphatic heterocycles. The van der Waals surface area contributed by atoms with Crippen molar-refractivity contribution in [1.29, 1.82) is 0 Å². The molecule has 0 fully saturated rings. The molecule has 0 aliphatic carbocycles. The Labute approximate surface area is 90.7 Å². The van der Waals surface area contributed by atoms with Crippen LogP contribution in [-0.2, 0) is 4.74 Å². The number of hydrogen-bond acceptors (Lipinski definition) is 3. The number of nitrogens with one attached hydrogen (secondary N) is 1. The van der Waals surface area contributed by atoms with Crippen LogP contribution in [0.3, 0.4) is 0 Å². The van der Waals surface area contributed by atoms with Crippen LogP contribution in [0.25, 0.3) is 0 Å². The summed E-state index contributed by atoms with van der Waals surface area (Å²) in [6.07, 6.45) is -2.99. The summed E-state index contributed by atoms with van der Waals surface area (Å²) < 4.78 is 39.0. The number of alkyl carbamates (subject to hydrolysis) is 1. The molecule has 0 spiro atoms. The average molecular weight is 245 g/mol. The van der Waals surface area contributed by atoms with E-state index in [-0.39, 0.29) is 6.04 Å². The van der Waals surface area contributed by atoms with Crippen LogP contribution in [0.2, 0.25) is 0 Å². The Bertz CT molecular complexity index is 199. The van der Waals surface area contributed by atoms with E-state index in [1.807, 2.05) is 13.2 Å². The third-order valence-corrected chi connectivity index (χ3v) is 2.29. The van der Waals surface area contributed by atoms with Gasteiger partial charge in [0, 0.05) is 11.8 Å². The Morgan fingerprint density at radius 2 is 2.13 bits per heavy atom. The van der Waals surface area contributed by atoms with Gasteiger partial charge < -0.3 is 10.1 Å². The normalized spacial score (nSPS) is 13.4. The van der Waals surface area contributed by atoms with E-state index in [0.29, 0.717) is 12.2 Å². The van der Waals surface area contributed by atoms with Gasteiger partial charge in [0.1, 0.15) is 0 Å². The Kier molecular flexibility index (Phi) is 6.55. The van der Waals surface area contributed by atoms with E-state index < -0.39 is 18.9 Å². The second-order valence-corrected chi connectivity index (χ2v) is 3.81. The van der Waals surface area contributed by atoms with Gasteiger partial charge in [-0.05, 0) is 12.7 Å². The van der Waals surface area contributed by atoms with E-state index in [4.69, 9.17) is 0 Å². The van der Waals surface area contributed by atoms with Crippen LogP contribution in [0.1, 0.15) is 13.3 Å². The first kappa shape index (κ1) is 14.4. The van der Waals surface area contributed by atoms with Crippen LogP contribution in [0.5, 0.6) is 0 Å². The molecule has 1 amide bonds. The van der Waals surface area contributed by atoms with Crippen molar-refractivity contribution in [2.75, 3.05) is 18.6 Å². The van der Waals surface area contributed by atoms with Gasteiger partial charge in [0.25, 0.3) is 0 Å². The number of halogens is 3. The molecule has 3 nitrogen and oxygen atoms in total. The first-order valence-corrected chi connectivity index (χ1v) is 5.77. The number of carbonyl (C=O) groups excluding carboxylic acids is 1. The van der Waals surface area contributed by atoms with Gasteiger partial charge in [0.2, 0.25) is 0 Å². The molecule has 0 bridgehead atoms. The summed E-state index contributed by atoms with van der Waals surface area (Å²) in [5.74, 6) is 0.650. The lowest BCUT2D eigenvalue weighted by Gasteiger charge is -2.16. The molecule has 0 aromatic carbocycles. The third-order valence-electron chi connectivity index (χ3n) is 1.55. The molecule has 90 valence electrons. The number of thioether (sulfide) groups is 1. The van der Waals surface area contributed by atoms with Gasteiger partial charge in [-0.25, -0.2) is 4.79 Å². The maximum atomic E-state index is 11.7. The van der Waals surface area contributed by atoms with Gasteiger partial charge in [0.15, 0.2) is 6.61 Å². The molecule has 0 heterocycles. The Hall–Kier alpha value is -0.590. The molecule has 1 N–H and O–H groups in total. The minimum atomic E-state index is -4.47. The van der Waals surface area contributed by atoms with Crippen molar-refractivity contribution in [3.05, 3.63) is 0 Å². The van der Waals surface area contributed by atoms with Crippen molar-refractivity contribution in [1.82, 2.24) is 5.32 Å². The highest BCUT2D eigenvalue weighted by molar-refractivity contribution is 7.98. The molecule has 0 radical (unpaired) electrons. The zero-order valence-corrected chi connectivity index (χ0v) is 9.37. The fourth-order valence-corrected chi connectivity index (χ4v) is 1.54. The molecule has 15 heavy (non-hydrogen) atoms. The van der Waals surface area contributed by atoms with Crippen LogP contribution < -0.4 is 5.32 Å². The second-order valence-electron chi connectivity index (χ2n) is 2.90. The molecule has 1 unspecified atom stereocenters. The van der Waals surface area contributed by atoms with E-state index in [0.717, 1.165) is 0 Å². The monoisotopic (exact) mass is 245 g/mol. The highest BCUT2D eigenvalue weighted by Gasteiger charge is 2.29. The molecule has 0 saturated carbocycles. The predicted molar refractivity (Wildman–Crippen MR) is 53.0 cm³/mol. The largest absolute Gasteiger partial charge is 0.440 e. The van der Waals surface area contributed by atoms with E-state index in [1.54, 1.807) is 0 Å². The lowest BCUT2D eigenvalue weighted by Crippen LogP contribution is -2.38. The number of alkyl halides is 3. The minimum absolute atomic E-state index is 0.152. The van der Waals surface area contributed by atoms with Crippen LogP contribution in [0, 0.1) is 0 Å². The van der Waals surface area contributed by atoms with E-state index in [2.05, 4.69) is 10.1 Å². The number of rotatable bonds is 5. The number of carbonyl (C=O) groups is 1. The quantitative estimate of drug-likeness (QED) is 0.808. The lowest BCUT2D eigenvalue weighted by molar-refractivity contribution is -0.160. The van der Waals surface area contributed by atoms with Gasteiger partial charge in [0.05, 0.1) is 0 Å². The molecule has 0 aliphatic rings. The molecule has 0 rings (SSSR count). The summed E-state index contributed by atoms with van der Waals surface area (Å²) in [5, 5.41) is 2.36. The molecule has 1 atom stereocenters. The van der Waals surface area contributed by atoms with Crippen molar-refractivity contribution in [3.63, 3.8) is 0 Å². The summed E-state index contributed by atoms with van der Waals surface area (Å²) in [6.45, 7) is 0.291. The third kappa shape index (κ3) is 8.41. The molecule has 0 saturated heterocycles. The summed E-state index contributed by atoms with van der Waals surface area (Å²) in [4.78, 5) is 10.9. The molecular weight excluding hydrogens is 231 g/mol. The van der Waals surface area contributed by atoms with Gasteiger partial charge in [-0.15, -0.1) is 0 Å². The maximum absolute atomic E-state index is 11.7. The first-order valence-electron chi connectivity index (χ1n) is 4.38. The van der Waals surface area contributed by atoms with E-state index in [1.165, 1.54) is 11.8 Å². The smallest absolute Gasteiger partial charge is 0.422 e. The van der Waals surface area contributed by atoms with Gasteiger partial charge in [-0.1, -0.05) is 6.92 Å². The summed E-state index contributed by atoms with van der Waals surface area (Å²) in [6, 6.07) is -0.152. The standard InChI is InChI=1S/C8H14F3NO2S/c1-3-6(4-15-2)12-7(13)14-5-8(9,10)11/h6H,3-5H2,1-2H3,(H,12,13). The lowest BCUT2D eigenvalue weighted by atomic mass is 10.3. The zero-order valence-electron chi connectivity index (χ0n) is 8.56. The second kappa shape index (κ2) is 6.81. The molecule has 7 heteroatoms. The predicted octanol–water partition coefficient (Wildman–Crippen LogP) is 2.42. The Balaban J connectivity index is 3.81. The fourth-order valence-electron chi connectivity index (χ4n) is 0.818. The first-order chi connectivity index (χ1) is 6.89. The van der Waals surface area contributed by atoms with Crippen molar-refractivity contribution in [3.8, 4) is 0 Å². The fraction of sp³-hybridized carbons (Fsp3) is 0.875. The van der Waals surface area contributed by atoms with Crippen LogP contribution >= 0.6 is 11.8 Å². The molecular formula is C8H14F3NO2S. The van der Waals surface area contributed by atoms with Crippen LogP contribution in [-0.4, -0.2) is 36.9 Å². The van der Waals surface area contributed by atoms with Gasteiger partial charge in [-0.2, -0.15) is 24.9 Å².